The average molecular weight is 214 g/mol. The third-order valence-corrected chi connectivity index (χ3v) is 1.66. The molecule has 0 saturated carbocycles. The number of benzene rings is 2. The van der Waals surface area contributed by atoms with Crippen LogP contribution in [0.1, 0.15) is 1.43 Å². The maximum atomic E-state index is 7.17. The second-order valence-corrected chi connectivity index (χ2v) is 2.69. The SMILES string of the molecule is OB(O)O.[H-].[Na+].c1ccc2ccccc2c1. The zero-order valence-corrected chi connectivity index (χ0v) is 10.5. The minimum atomic E-state index is -2.17. The van der Waals surface area contributed by atoms with Crippen LogP contribution in [0.15, 0.2) is 48.5 Å². The van der Waals surface area contributed by atoms with E-state index in [0.29, 0.717) is 0 Å². The van der Waals surface area contributed by atoms with Gasteiger partial charge in [0.2, 0.25) is 0 Å². The summed E-state index contributed by atoms with van der Waals surface area (Å²) in [4.78, 5) is 0. The zero-order valence-electron chi connectivity index (χ0n) is 9.54. The van der Waals surface area contributed by atoms with Crippen LogP contribution in [0, 0.1) is 0 Å². The zero-order chi connectivity index (χ0) is 10.4. The number of hydrogen-bond donors (Lipinski definition) is 3. The largest absolute Gasteiger partial charge is 1.00 e. The second kappa shape index (κ2) is 7.87. The summed E-state index contributed by atoms with van der Waals surface area (Å²) in [5.74, 6) is 0. The minimum Gasteiger partial charge on any atom is -1.00 e. The van der Waals surface area contributed by atoms with Crippen LogP contribution in [0.25, 0.3) is 10.8 Å². The first kappa shape index (κ1) is 14.6. The molecule has 0 bridgehead atoms. The summed E-state index contributed by atoms with van der Waals surface area (Å²) in [6.07, 6.45) is 0. The van der Waals surface area contributed by atoms with Gasteiger partial charge in [-0.2, -0.15) is 0 Å². The topological polar surface area (TPSA) is 60.7 Å². The molecule has 0 fully saturated rings. The van der Waals surface area contributed by atoms with E-state index in [4.69, 9.17) is 15.1 Å². The maximum Gasteiger partial charge on any atom is 1.00 e. The van der Waals surface area contributed by atoms with Gasteiger partial charge in [-0.3, -0.25) is 0 Å². The minimum absolute atomic E-state index is 0. The molecule has 0 radical (unpaired) electrons. The summed E-state index contributed by atoms with van der Waals surface area (Å²) in [5.41, 5.74) is 0. The molecule has 0 heterocycles. The van der Waals surface area contributed by atoms with Gasteiger partial charge in [-0.1, -0.05) is 48.5 Å². The molecule has 0 saturated heterocycles. The normalized spacial score (nSPS) is 8.47. The van der Waals surface area contributed by atoms with E-state index in [-0.39, 0.29) is 31.0 Å². The van der Waals surface area contributed by atoms with E-state index in [0.717, 1.165) is 0 Å². The smallest absolute Gasteiger partial charge is 1.00 e. The quantitative estimate of drug-likeness (QED) is 0.440. The Balaban J connectivity index is 0. The Hall–Kier alpha value is -0.355. The van der Waals surface area contributed by atoms with Crippen LogP contribution in [0.5, 0.6) is 0 Å². The fourth-order valence-corrected chi connectivity index (χ4v) is 1.13. The molecular formula is C10H12BNaO3. The summed E-state index contributed by atoms with van der Waals surface area (Å²) in [5, 5.41) is 24.1. The van der Waals surface area contributed by atoms with Crippen molar-refractivity contribution < 1.29 is 46.1 Å². The Morgan fingerprint density at radius 3 is 1.13 bits per heavy atom. The molecule has 0 aliphatic carbocycles. The van der Waals surface area contributed by atoms with E-state index in [1.165, 1.54) is 10.8 Å². The van der Waals surface area contributed by atoms with Crippen molar-refractivity contribution in [2.24, 2.45) is 0 Å². The third-order valence-electron chi connectivity index (χ3n) is 1.66. The molecule has 2 aromatic rings. The van der Waals surface area contributed by atoms with Crippen LogP contribution in [-0.4, -0.2) is 22.4 Å². The van der Waals surface area contributed by atoms with E-state index >= 15 is 0 Å². The van der Waals surface area contributed by atoms with Crippen LogP contribution in [0.3, 0.4) is 0 Å². The summed E-state index contributed by atoms with van der Waals surface area (Å²) in [6, 6.07) is 16.7. The van der Waals surface area contributed by atoms with Gasteiger partial charge in [-0.25, -0.2) is 0 Å². The molecule has 0 aliphatic rings. The van der Waals surface area contributed by atoms with E-state index in [1.807, 2.05) is 0 Å². The monoisotopic (exact) mass is 214 g/mol. The van der Waals surface area contributed by atoms with Crippen molar-refractivity contribution in [1.29, 1.82) is 0 Å². The van der Waals surface area contributed by atoms with Crippen LogP contribution in [-0.2, 0) is 0 Å². The van der Waals surface area contributed by atoms with Gasteiger partial charge in [0.25, 0.3) is 0 Å². The molecule has 3 nitrogen and oxygen atoms in total. The molecule has 5 heteroatoms. The Kier molecular flexibility index (Phi) is 7.69. The summed E-state index contributed by atoms with van der Waals surface area (Å²) in [6.45, 7) is 0. The molecule has 2 rings (SSSR count). The Morgan fingerprint density at radius 1 is 0.733 bits per heavy atom. The van der Waals surface area contributed by atoms with Gasteiger partial charge in [0, 0.05) is 0 Å². The summed E-state index contributed by atoms with van der Waals surface area (Å²) < 4.78 is 0. The fraction of sp³-hybridized carbons (Fsp3) is 0. The van der Waals surface area contributed by atoms with Gasteiger partial charge < -0.3 is 16.5 Å². The van der Waals surface area contributed by atoms with Crippen LogP contribution < -0.4 is 29.6 Å². The average Bonchev–Trinajstić information content (AvgIpc) is 2.17. The molecule has 0 amide bonds. The molecule has 74 valence electrons. The molecule has 0 aliphatic heterocycles. The van der Waals surface area contributed by atoms with E-state index < -0.39 is 7.32 Å². The molecule has 0 unspecified atom stereocenters. The van der Waals surface area contributed by atoms with E-state index in [9.17, 15) is 0 Å². The third kappa shape index (κ3) is 5.94. The van der Waals surface area contributed by atoms with Gasteiger partial charge in [0.15, 0.2) is 0 Å². The first-order chi connectivity index (χ1) is 6.70. The van der Waals surface area contributed by atoms with Gasteiger partial charge in [-0.15, -0.1) is 0 Å². The van der Waals surface area contributed by atoms with E-state index in [1.54, 1.807) is 0 Å². The molecule has 0 atom stereocenters. The standard InChI is InChI=1S/C10H8.BH3O3.Na.H/c1-2-6-10-8-4-3-7-9(10)5-1;2-1(3)4;;/h1-8H;2-4H;;/q;;+1;-1. The summed E-state index contributed by atoms with van der Waals surface area (Å²) >= 11 is 0. The summed E-state index contributed by atoms with van der Waals surface area (Å²) in [7, 11) is -2.17. The molecule has 2 aromatic carbocycles. The Labute approximate surface area is 112 Å². The first-order valence-corrected chi connectivity index (χ1v) is 4.18. The predicted octanol–water partition coefficient (Wildman–Crippen LogP) is -2.10. The number of fused-ring (bicyclic) bond motifs is 1. The first-order valence-electron chi connectivity index (χ1n) is 4.18. The van der Waals surface area contributed by atoms with Crippen LogP contribution in [0.2, 0.25) is 0 Å². The van der Waals surface area contributed by atoms with Crippen molar-refractivity contribution in [2.75, 3.05) is 0 Å². The maximum absolute atomic E-state index is 7.17. The van der Waals surface area contributed by atoms with Gasteiger partial charge in [0.05, 0.1) is 0 Å². The second-order valence-electron chi connectivity index (χ2n) is 2.69. The number of hydrogen-bond acceptors (Lipinski definition) is 3. The predicted molar refractivity (Wildman–Crippen MR) is 57.5 cm³/mol. The molecule has 0 spiro atoms. The van der Waals surface area contributed by atoms with Crippen LogP contribution >= 0.6 is 0 Å². The Bertz CT molecular complexity index is 332. The van der Waals surface area contributed by atoms with Crippen molar-refractivity contribution >= 4 is 18.1 Å². The van der Waals surface area contributed by atoms with Gasteiger partial charge in [0.1, 0.15) is 0 Å². The molecule has 15 heavy (non-hydrogen) atoms. The fourth-order valence-electron chi connectivity index (χ4n) is 1.13. The Morgan fingerprint density at radius 2 is 0.933 bits per heavy atom. The molecular weight excluding hydrogens is 202 g/mol. The van der Waals surface area contributed by atoms with Crippen LogP contribution in [0.4, 0.5) is 0 Å². The van der Waals surface area contributed by atoms with Crippen molar-refractivity contribution in [3.05, 3.63) is 48.5 Å². The van der Waals surface area contributed by atoms with Crippen molar-refractivity contribution in [3.63, 3.8) is 0 Å². The van der Waals surface area contributed by atoms with Crippen molar-refractivity contribution in [3.8, 4) is 0 Å². The van der Waals surface area contributed by atoms with Crippen molar-refractivity contribution in [1.82, 2.24) is 0 Å². The van der Waals surface area contributed by atoms with Gasteiger partial charge >= 0.3 is 36.9 Å². The van der Waals surface area contributed by atoms with E-state index in [2.05, 4.69) is 48.5 Å². The number of rotatable bonds is 0. The van der Waals surface area contributed by atoms with Crippen molar-refractivity contribution in [2.45, 2.75) is 0 Å². The van der Waals surface area contributed by atoms with Gasteiger partial charge in [-0.05, 0) is 10.8 Å². The molecule has 0 aromatic heterocycles. The molecule has 3 N–H and O–H groups in total.